The zero-order chi connectivity index (χ0) is 13.8. The Balaban J connectivity index is 1.81. The van der Waals surface area contributed by atoms with Gasteiger partial charge in [-0.3, -0.25) is 0 Å². The fraction of sp³-hybridized carbons (Fsp3) is 0.333. The lowest BCUT2D eigenvalue weighted by Gasteiger charge is -2.18. The molecule has 0 saturated heterocycles. The molecular weight excluding hydrogens is 274 g/mol. The van der Waals surface area contributed by atoms with Crippen LogP contribution in [0.25, 0.3) is 0 Å². The largest absolute Gasteiger partial charge is 0.481 e. The maximum atomic E-state index is 6.17. The van der Waals surface area contributed by atoms with Crippen molar-refractivity contribution in [3.63, 3.8) is 0 Å². The molecule has 1 aromatic heterocycles. The van der Waals surface area contributed by atoms with E-state index in [-0.39, 0.29) is 12.9 Å². The van der Waals surface area contributed by atoms with E-state index in [1.807, 2.05) is 31.3 Å². The summed E-state index contributed by atoms with van der Waals surface area (Å²) in [5.74, 6) is 2.20. The molecule has 0 saturated carbocycles. The van der Waals surface area contributed by atoms with Gasteiger partial charge in [0, 0.05) is 11.3 Å². The van der Waals surface area contributed by atoms with Crippen LogP contribution in [0.5, 0.6) is 17.2 Å². The van der Waals surface area contributed by atoms with Gasteiger partial charge in [-0.1, -0.05) is 12.1 Å². The summed E-state index contributed by atoms with van der Waals surface area (Å²) in [5.41, 5.74) is 0. The van der Waals surface area contributed by atoms with Crippen molar-refractivity contribution >= 4 is 11.3 Å². The minimum atomic E-state index is 0.0261. The first kappa shape index (κ1) is 13.3. The highest BCUT2D eigenvalue weighted by molar-refractivity contribution is 7.10. The molecule has 20 heavy (non-hydrogen) atoms. The van der Waals surface area contributed by atoms with Crippen molar-refractivity contribution in [2.75, 3.05) is 20.4 Å². The lowest BCUT2D eigenvalue weighted by molar-refractivity contribution is 0.159. The minimum Gasteiger partial charge on any atom is -0.481 e. The highest BCUT2D eigenvalue weighted by Gasteiger charge is 2.22. The van der Waals surface area contributed by atoms with Crippen LogP contribution in [0.4, 0.5) is 0 Å². The average molecular weight is 291 g/mol. The predicted octanol–water partition coefficient (Wildman–Crippen LogP) is 3.21. The smallest absolute Gasteiger partial charge is 0.231 e. The van der Waals surface area contributed by atoms with E-state index in [1.165, 1.54) is 4.88 Å². The molecule has 0 fully saturated rings. The number of nitrogens with one attached hydrogen (secondary N) is 1. The molecule has 0 bridgehead atoms. The first-order valence-corrected chi connectivity index (χ1v) is 7.49. The number of thiophene rings is 1. The highest BCUT2D eigenvalue weighted by Crippen LogP contribution is 2.42. The van der Waals surface area contributed by atoms with E-state index in [0.29, 0.717) is 5.75 Å². The van der Waals surface area contributed by atoms with Gasteiger partial charge < -0.3 is 19.5 Å². The summed E-state index contributed by atoms with van der Waals surface area (Å²) in [4.78, 5) is 1.22. The second-order valence-corrected chi connectivity index (χ2v) is 5.48. The van der Waals surface area contributed by atoms with E-state index in [2.05, 4.69) is 16.8 Å². The van der Waals surface area contributed by atoms with Gasteiger partial charge in [-0.2, -0.15) is 0 Å². The lowest BCUT2D eigenvalue weighted by Crippen LogP contribution is -2.15. The Morgan fingerprint density at radius 1 is 1.30 bits per heavy atom. The lowest BCUT2D eigenvalue weighted by atomic mass is 10.2. The van der Waals surface area contributed by atoms with E-state index in [4.69, 9.17) is 14.2 Å². The molecule has 0 spiro atoms. The fourth-order valence-corrected chi connectivity index (χ4v) is 2.95. The number of fused-ring (bicyclic) bond motifs is 1. The number of benzene rings is 1. The quantitative estimate of drug-likeness (QED) is 0.887. The summed E-state index contributed by atoms with van der Waals surface area (Å²) in [6, 6.07) is 9.89. The highest BCUT2D eigenvalue weighted by atomic mass is 32.1. The molecule has 1 N–H and O–H groups in total. The molecule has 106 valence electrons. The predicted molar refractivity (Wildman–Crippen MR) is 78.8 cm³/mol. The van der Waals surface area contributed by atoms with E-state index in [1.54, 1.807) is 11.3 Å². The molecule has 2 aromatic rings. The Bertz CT molecular complexity index is 556. The normalized spacial score (nSPS) is 14.2. The standard InChI is InChI=1S/C15H17NO3S/c1-16-8-7-11(14-6-3-9-20-14)19-13-5-2-4-12-15(13)18-10-17-12/h2-6,9,11,16H,7-8,10H2,1H3/t11-/m1/s1. The molecule has 0 radical (unpaired) electrons. The van der Waals surface area contributed by atoms with Gasteiger partial charge in [0.2, 0.25) is 12.5 Å². The van der Waals surface area contributed by atoms with E-state index < -0.39 is 0 Å². The third kappa shape index (κ3) is 2.73. The molecule has 1 aliphatic heterocycles. The first-order valence-electron chi connectivity index (χ1n) is 6.62. The fourth-order valence-electron chi connectivity index (χ4n) is 2.16. The van der Waals surface area contributed by atoms with Crippen molar-refractivity contribution in [1.82, 2.24) is 5.32 Å². The Kier molecular flexibility index (Phi) is 4.08. The van der Waals surface area contributed by atoms with Crippen LogP contribution >= 0.6 is 11.3 Å². The monoisotopic (exact) mass is 291 g/mol. The van der Waals surface area contributed by atoms with Crippen molar-refractivity contribution in [2.24, 2.45) is 0 Å². The SMILES string of the molecule is CNCC[C@@H](Oc1cccc2c1OCO2)c1cccs1. The van der Waals surface area contributed by atoms with Crippen molar-refractivity contribution in [2.45, 2.75) is 12.5 Å². The van der Waals surface area contributed by atoms with Crippen LogP contribution in [-0.4, -0.2) is 20.4 Å². The molecule has 3 rings (SSSR count). The number of hydrogen-bond donors (Lipinski definition) is 1. The van der Waals surface area contributed by atoms with Crippen molar-refractivity contribution in [3.05, 3.63) is 40.6 Å². The number of rotatable bonds is 6. The Labute approximate surface area is 122 Å². The van der Waals surface area contributed by atoms with Crippen LogP contribution in [0.15, 0.2) is 35.7 Å². The van der Waals surface area contributed by atoms with Gasteiger partial charge in [-0.15, -0.1) is 11.3 Å². The van der Waals surface area contributed by atoms with Gasteiger partial charge in [-0.05, 0) is 37.2 Å². The van der Waals surface area contributed by atoms with Crippen molar-refractivity contribution in [1.29, 1.82) is 0 Å². The van der Waals surface area contributed by atoms with Gasteiger partial charge in [-0.25, -0.2) is 0 Å². The summed E-state index contributed by atoms with van der Waals surface area (Å²) in [6.07, 6.45) is 0.930. The molecule has 0 amide bonds. The molecule has 0 unspecified atom stereocenters. The summed E-state index contributed by atoms with van der Waals surface area (Å²) in [5, 5.41) is 5.24. The molecule has 1 atom stereocenters. The van der Waals surface area contributed by atoms with E-state index in [9.17, 15) is 0 Å². The van der Waals surface area contributed by atoms with Crippen LogP contribution in [-0.2, 0) is 0 Å². The number of para-hydroxylation sites is 1. The molecule has 4 nitrogen and oxygen atoms in total. The Morgan fingerprint density at radius 2 is 2.25 bits per heavy atom. The van der Waals surface area contributed by atoms with Gasteiger partial charge in [0.25, 0.3) is 0 Å². The van der Waals surface area contributed by atoms with Crippen LogP contribution in [0.1, 0.15) is 17.4 Å². The summed E-state index contributed by atoms with van der Waals surface area (Å²) in [7, 11) is 1.95. The second-order valence-electron chi connectivity index (χ2n) is 4.50. The topological polar surface area (TPSA) is 39.7 Å². The molecule has 1 aliphatic rings. The van der Waals surface area contributed by atoms with Crippen molar-refractivity contribution in [3.8, 4) is 17.2 Å². The first-order chi connectivity index (χ1) is 9.88. The van der Waals surface area contributed by atoms with Crippen LogP contribution in [0.2, 0.25) is 0 Å². The van der Waals surface area contributed by atoms with Crippen LogP contribution in [0.3, 0.4) is 0 Å². The molecular formula is C15H17NO3S. The maximum Gasteiger partial charge on any atom is 0.231 e. The van der Waals surface area contributed by atoms with E-state index >= 15 is 0 Å². The van der Waals surface area contributed by atoms with Gasteiger partial charge in [0.1, 0.15) is 6.10 Å². The maximum absolute atomic E-state index is 6.17. The molecule has 1 aromatic carbocycles. The Morgan fingerprint density at radius 3 is 3.05 bits per heavy atom. The third-order valence-corrected chi connectivity index (χ3v) is 4.11. The Hall–Kier alpha value is -1.72. The summed E-state index contributed by atoms with van der Waals surface area (Å²) >= 11 is 1.71. The molecule has 0 aliphatic carbocycles. The minimum absolute atomic E-state index is 0.0261. The van der Waals surface area contributed by atoms with Crippen molar-refractivity contribution < 1.29 is 14.2 Å². The van der Waals surface area contributed by atoms with E-state index in [0.717, 1.165) is 24.5 Å². The van der Waals surface area contributed by atoms with Crippen LogP contribution in [0, 0.1) is 0 Å². The van der Waals surface area contributed by atoms with Gasteiger partial charge in [0.15, 0.2) is 11.5 Å². The third-order valence-electron chi connectivity index (χ3n) is 3.15. The second kappa shape index (κ2) is 6.15. The van der Waals surface area contributed by atoms with Gasteiger partial charge >= 0.3 is 0 Å². The number of hydrogen-bond acceptors (Lipinski definition) is 5. The van der Waals surface area contributed by atoms with Crippen LogP contribution < -0.4 is 19.5 Å². The zero-order valence-electron chi connectivity index (χ0n) is 11.3. The zero-order valence-corrected chi connectivity index (χ0v) is 12.1. The molecule has 2 heterocycles. The summed E-state index contributed by atoms with van der Waals surface area (Å²) in [6.45, 7) is 1.16. The average Bonchev–Trinajstić information content (AvgIpc) is 3.14. The summed E-state index contributed by atoms with van der Waals surface area (Å²) < 4.78 is 17.0. The number of ether oxygens (including phenoxy) is 3. The van der Waals surface area contributed by atoms with Gasteiger partial charge in [0.05, 0.1) is 0 Å². The molecule has 5 heteroatoms.